The third-order valence-corrected chi connectivity index (χ3v) is 3.81. The van der Waals surface area contributed by atoms with E-state index in [1.807, 2.05) is 0 Å². The number of hydrogen-bond acceptors (Lipinski definition) is 2. The van der Waals surface area contributed by atoms with Gasteiger partial charge in [0.05, 0.1) is 19.8 Å². The summed E-state index contributed by atoms with van der Waals surface area (Å²) in [6.07, 6.45) is 6.65. The molecule has 0 aromatic heterocycles. The second kappa shape index (κ2) is 8.29. The molecule has 0 aromatic carbocycles. The van der Waals surface area contributed by atoms with Crippen molar-refractivity contribution in [3.63, 3.8) is 0 Å². The minimum absolute atomic E-state index is 0. The average molecular weight is 381 g/mol. The molecule has 112 valence electrons. The highest BCUT2D eigenvalue weighted by molar-refractivity contribution is 14.0. The first kappa shape index (κ1) is 17.0. The lowest BCUT2D eigenvalue weighted by molar-refractivity contribution is -0.0945. The molecule has 0 atom stereocenters. The summed E-state index contributed by atoms with van der Waals surface area (Å²) >= 11 is 0. The first-order chi connectivity index (χ1) is 8.72. The van der Waals surface area contributed by atoms with Gasteiger partial charge in [-0.1, -0.05) is 26.2 Å². The Morgan fingerprint density at radius 1 is 1.26 bits per heavy atom. The Morgan fingerprint density at radius 3 is 2.47 bits per heavy atom. The fraction of sp³-hybridized carbons (Fsp3) is 0.929. The van der Waals surface area contributed by atoms with Gasteiger partial charge in [-0.3, -0.25) is 4.99 Å². The summed E-state index contributed by atoms with van der Waals surface area (Å²) in [5.74, 6) is 0.984. The van der Waals surface area contributed by atoms with Crippen LogP contribution < -0.4 is 10.6 Å². The van der Waals surface area contributed by atoms with Crippen molar-refractivity contribution in [2.24, 2.45) is 10.4 Å². The zero-order valence-corrected chi connectivity index (χ0v) is 14.5. The molecule has 0 radical (unpaired) electrons. The number of hydrogen-bond donors (Lipinski definition) is 2. The maximum absolute atomic E-state index is 5.27. The molecule has 0 spiro atoms. The van der Waals surface area contributed by atoms with Crippen molar-refractivity contribution in [1.82, 2.24) is 10.6 Å². The van der Waals surface area contributed by atoms with E-state index in [2.05, 4.69) is 24.5 Å². The molecule has 2 fully saturated rings. The van der Waals surface area contributed by atoms with Crippen LogP contribution in [-0.4, -0.2) is 38.3 Å². The Balaban J connectivity index is 0.00000180. The van der Waals surface area contributed by atoms with Crippen molar-refractivity contribution in [3.05, 3.63) is 0 Å². The Labute approximate surface area is 134 Å². The molecule has 0 bridgehead atoms. The van der Waals surface area contributed by atoms with Gasteiger partial charge in [-0.05, 0) is 19.8 Å². The zero-order chi connectivity index (χ0) is 12.8. The van der Waals surface area contributed by atoms with Crippen LogP contribution in [0.3, 0.4) is 0 Å². The Kier molecular flexibility index (Phi) is 7.42. The largest absolute Gasteiger partial charge is 0.380 e. The van der Waals surface area contributed by atoms with Crippen molar-refractivity contribution in [2.75, 3.05) is 26.3 Å². The number of aliphatic imine (C=N–C) groups is 1. The van der Waals surface area contributed by atoms with Crippen LogP contribution in [0.25, 0.3) is 0 Å². The van der Waals surface area contributed by atoms with Gasteiger partial charge in [0.25, 0.3) is 0 Å². The molecule has 2 N–H and O–H groups in total. The monoisotopic (exact) mass is 381 g/mol. The molecule has 2 aliphatic rings. The standard InChI is InChI=1S/C14H27N3O.HI/c1-3-15-13(16-9-14(2)10-18-11-14)17-12-7-5-4-6-8-12;/h12H,3-11H2,1-2H3,(H2,15,16,17);1H. The fourth-order valence-electron chi connectivity index (χ4n) is 2.57. The molecular weight excluding hydrogens is 353 g/mol. The molecule has 19 heavy (non-hydrogen) atoms. The van der Waals surface area contributed by atoms with Crippen molar-refractivity contribution in [2.45, 2.75) is 52.0 Å². The van der Waals surface area contributed by atoms with E-state index in [1.165, 1.54) is 32.1 Å². The van der Waals surface area contributed by atoms with Gasteiger partial charge in [0.1, 0.15) is 0 Å². The summed E-state index contributed by atoms with van der Waals surface area (Å²) < 4.78 is 5.27. The second-order valence-corrected chi connectivity index (χ2v) is 5.98. The summed E-state index contributed by atoms with van der Waals surface area (Å²) in [5, 5.41) is 6.92. The number of nitrogens with one attached hydrogen (secondary N) is 2. The van der Waals surface area contributed by atoms with Gasteiger partial charge >= 0.3 is 0 Å². The average Bonchev–Trinajstić information content (AvgIpc) is 2.35. The van der Waals surface area contributed by atoms with E-state index < -0.39 is 0 Å². The molecule has 0 unspecified atom stereocenters. The van der Waals surface area contributed by atoms with E-state index >= 15 is 0 Å². The molecule has 1 heterocycles. The van der Waals surface area contributed by atoms with Crippen LogP contribution in [0.1, 0.15) is 46.0 Å². The molecule has 1 aliphatic carbocycles. The summed E-state index contributed by atoms with van der Waals surface area (Å²) in [6, 6.07) is 0.613. The summed E-state index contributed by atoms with van der Waals surface area (Å²) in [6.45, 7) is 7.83. The molecule has 2 rings (SSSR count). The molecule has 4 nitrogen and oxygen atoms in total. The number of halogens is 1. The molecule has 0 aromatic rings. The predicted molar refractivity (Wildman–Crippen MR) is 90.3 cm³/mol. The lowest BCUT2D eigenvalue weighted by atomic mass is 9.89. The molecular formula is C14H28IN3O. The van der Waals surface area contributed by atoms with E-state index in [1.54, 1.807) is 0 Å². The van der Waals surface area contributed by atoms with E-state index in [0.717, 1.165) is 32.3 Å². The van der Waals surface area contributed by atoms with E-state index in [4.69, 9.17) is 9.73 Å². The lowest BCUT2D eigenvalue weighted by Crippen LogP contribution is -2.47. The minimum atomic E-state index is 0. The van der Waals surface area contributed by atoms with Crippen LogP contribution in [0.15, 0.2) is 4.99 Å². The SMILES string of the molecule is CCNC(=NCC1(C)COC1)NC1CCCCC1.I. The van der Waals surface area contributed by atoms with E-state index in [0.29, 0.717) is 6.04 Å². The molecule has 5 heteroatoms. The van der Waals surface area contributed by atoms with Crippen molar-refractivity contribution < 1.29 is 4.74 Å². The Morgan fingerprint density at radius 2 is 1.95 bits per heavy atom. The van der Waals surface area contributed by atoms with Gasteiger partial charge < -0.3 is 15.4 Å². The number of nitrogens with zero attached hydrogens (tertiary/aromatic N) is 1. The minimum Gasteiger partial charge on any atom is -0.380 e. The fourth-order valence-corrected chi connectivity index (χ4v) is 2.57. The topological polar surface area (TPSA) is 45.7 Å². The summed E-state index contributed by atoms with van der Waals surface area (Å²) in [5.41, 5.74) is 0.259. The number of ether oxygens (including phenoxy) is 1. The van der Waals surface area contributed by atoms with Crippen LogP contribution in [0.2, 0.25) is 0 Å². The lowest BCUT2D eigenvalue weighted by Gasteiger charge is -2.36. The van der Waals surface area contributed by atoms with Crippen LogP contribution in [0.5, 0.6) is 0 Å². The molecule has 1 aliphatic heterocycles. The normalized spacial score (nSPS) is 23.2. The van der Waals surface area contributed by atoms with Crippen molar-refractivity contribution >= 4 is 29.9 Å². The van der Waals surface area contributed by atoms with Gasteiger partial charge in [0, 0.05) is 18.0 Å². The predicted octanol–water partition coefficient (Wildman–Crippen LogP) is 2.53. The summed E-state index contributed by atoms with van der Waals surface area (Å²) in [4.78, 5) is 4.72. The first-order valence-corrected chi connectivity index (χ1v) is 7.34. The number of rotatable bonds is 4. The molecule has 0 amide bonds. The Hall–Kier alpha value is -0.0400. The number of guanidine groups is 1. The Bertz CT molecular complexity index is 286. The highest BCUT2D eigenvalue weighted by Gasteiger charge is 2.33. The maximum Gasteiger partial charge on any atom is 0.191 e. The smallest absolute Gasteiger partial charge is 0.191 e. The third-order valence-electron chi connectivity index (χ3n) is 3.81. The van der Waals surface area contributed by atoms with Crippen LogP contribution in [0, 0.1) is 5.41 Å². The zero-order valence-electron chi connectivity index (χ0n) is 12.2. The summed E-state index contributed by atoms with van der Waals surface area (Å²) in [7, 11) is 0. The molecule has 1 saturated carbocycles. The second-order valence-electron chi connectivity index (χ2n) is 5.98. The van der Waals surface area contributed by atoms with Crippen LogP contribution >= 0.6 is 24.0 Å². The van der Waals surface area contributed by atoms with Gasteiger partial charge in [0.2, 0.25) is 0 Å². The van der Waals surface area contributed by atoms with Gasteiger partial charge in [-0.2, -0.15) is 0 Å². The third kappa shape index (κ3) is 5.45. The van der Waals surface area contributed by atoms with Crippen molar-refractivity contribution in [3.8, 4) is 0 Å². The van der Waals surface area contributed by atoms with Gasteiger partial charge in [-0.25, -0.2) is 0 Å². The van der Waals surface area contributed by atoms with E-state index in [-0.39, 0.29) is 29.4 Å². The molecule has 1 saturated heterocycles. The van der Waals surface area contributed by atoms with Crippen molar-refractivity contribution in [1.29, 1.82) is 0 Å². The van der Waals surface area contributed by atoms with Gasteiger partial charge in [0.15, 0.2) is 5.96 Å². The quantitative estimate of drug-likeness (QED) is 0.447. The highest BCUT2D eigenvalue weighted by atomic mass is 127. The van der Waals surface area contributed by atoms with Crippen LogP contribution in [-0.2, 0) is 4.74 Å². The highest BCUT2D eigenvalue weighted by Crippen LogP contribution is 2.26. The van der Waals surface area contributed by atoms with Gasteiger partial charge in [-0.15, -0.1) is 24.0 Å². The maximum atomic E-state index is 5.27. The van der Waals surface area contributed by atoms with Crippen LogP contribution in [0.4, 0.5) is 0 Å². The van der Waals surface area contributed by atoms with E-state index in [9.17, 15) is 0 Å². The first-order valence-electron chi connectivity index (χ1n) is 7.34.